The van der Waals surface area contributed by atoms with Gasteiger partial charge in [0.2, 0.25) is 0 Å². The van der Waals surface area contributed by atoms with E-state index in [2.05, 4.69) is 5.32 Å². The summed E-state index contributed by atoms with van der Waals surface area (Å²) in [5, 5.41) is 11.5. The minimum Gasteiger partial charge on any atom is -0.481 e. The van der Waals surface area contributed by atoms with Crippen LogP contribution in [0.2, 0.25) is 0 Å². The number of nitrogens with one attached hydrogen (secondary N) is 1. The zero-order valence-corrected chi connectivity index (χ0v) is 9.93. The van der Waals surface area contributed by atoms with Crippen molar-refractivity contribution in [2.24, 2.45) is 5.92 Å². The maximum absolute atomic E-state index is 13.2. The first-order valence-corrected chi connectivity index (χ1v) is 5.65. The summed E-state index contributed by atoms with van der Waals surface area (Å²) >= 11 is 0. The number of halogens is 1. The van der Waals surface area contributed by atoms with E-state index in [0.717, 1.165) is 6.07 Å². The molecule has 1 aliphatic heterocycles. The number of hydrogen-bond donors (Lipinski definition) is 3. The fraction of sp³-hybridized carbons (Fsp3) is 0.333. The van der Waals surface area contributed by atoms with E-state index >= 15 is 0 Å². The minimum absolute atomic E-state index is 0.0517. The van der Waals surface area contributed by atoms with Crippen LogP contribution in [0.15, 0.2) is 18.2 Å². The Labute approximate surface area is 108 Å². The van der Waals surface area contributed by atoms with Crippen LogP contribution in [-0.2, 0) is 9.53 Å². The molecule has 1 fully saturated rings. The smallest absolute Gasteiger partial charge is 0.311 e. The number of amides is 1. The quantitative estimate of drug-likeness (QED) is 0.681. The largest absolute Gasteiger partial charge is 0.481 e. The maximum atomic E-state index is 13.2. The topological polar surface area (TPSA) is 102 Å². The first-order valence-electron chi connectivity index (χ1n) is 5.65. The summed E-state index contributed by atoms with van der Waals surface area (Å²) in [6.07, 6.45) is 0. The molecule has 0 saturated carbocycles. The van der Waals surface area contributed by atoms with Gasteiger partial charge in [-0.1, -0.05) is 0 Å². The highest BCUT2D eigenvalue weighted by Crippen LogP contribution is 2.16. The number of rotatable bonds is 3. The highest BCUT2D eigenvalue weighted by atomic mass is 19.1. The Morgan fingerprint density at radius 3 is 2.79 bits per heavy atom. The van der Waals surface area contributed by atoms with Crippen molar-refractivity contribution < 1.29 is 23.8 Å². The van der Waals surface area contributed by atoms with E-state index in [1.54, 1.807) is 0 Å². The second-order valence-corrected chi connectivity index (χ2v) is 4.30. The van der Waals surface area contributed by atoms with E-state index < -0.39 is 29.7 Å². The van der Waals surface area contributed by atoms with E-state index in [1.807, 2.05) is 0 Å². The molecule has 1 aromatic carbocycles. The first-order chi connectivity index (χ1) is 8.99. The van der Waals surface area contributed by atoms with Crippen molar-refractivity contribution in [2.75, 3.05) is 18.9 Å². The molecule has 0 aromatic heterocycles. The molecular weight excluding hydrogens is 255 g/mol. The molecule has 0 bridgehead atoms. The third-order valence-electron chi connectivity index (χ3n) is 2.98. The van der Waals surface area contributed by atoms with Crippen LogP contribution in [0.3, 0.4) is 0 Å². The second kappa shape index (κ2) is 5.23. The van der Waals surface area contributed by atoms with Crippen molar-refractivity contribution in [3.63, 3.8) is 0 Å². The van der Waals surface area contributed by atoms with Crippen LogP contribution in [0, 0.1) is 11.7 Å². The SMILES string of the molecule is Nc1ccc(C(=O)NC2COCC2C(=O)O)cc1F. The predicted molar refractivity (Wildman–Crippen MR) is 64.0 cm³/mol. The number of hydrogen-bond acceptors (Lipinski definition) is 4. The number of aliphatic carboxylic acids is 1. The van der Waals surface area contributed by atoms with Gasteiger partial charge in [0, 0.05) is 5.56 Å². The van der Waals surface area contributed by atoms with Gasteiger partial charge in [0.15, 0.2) is 0 Å². The Morgan fingerprint density at radius 1 is 1.42 bits per heavy atom. The molecule has 0 radical (unpaired) electrons. The number of anilines is 1. The van der Waals surface area contributed by atoms with Gasteiger partial charge in [-0.05, 0) is 18.2 Å². The van der Waals surface area contributed by atoms with E-state index in [0.29, 0.717) is 0 Å². The molecule has 2 rings (SSSR count). The summed E-state index contributed by atoms with van der Waals surface area (Å²) in [4.78, 5) is 22.8. The summed E-state index contributed by atoms with van der Waals surface area (Å²) < 4.78 is 18.3. The molecule has 6 nitrogen and oxygen atoms in total. The zero-order chi connectivity index (χ0) is 14.0. The number of nitrogens with two attached hydrogens (primary N) is 1. The zero-order valence-electron chi connectivity index (χ0n) is 9.93. The molecule has 2 unspecified atom stereocenters. The van der Waals surface area contributed by atoms with Gasteiger partial charge >= 0.3 is 5.97 Å². The molecule has 1 saturated heterocycles. The van der Waals surface area contributed by atoms with Crippen LogP contribution < -0.4 is 11.1 Å². The van der Waals surface area contributed by atoms with Gasteiger partial charge in [0.1, 0.15) is 11.7 Å². The van der Waals surface area contributed by atoms with Crippen molar-refractivity contribution in [3.8, 4) is 0 Å². The molecule has 19 heavy (non-hydrogen) atoms. The number of ether oxygens (including phenoxy) is 1. The average molecular weight is 268 g/mol. The molecule has 0 spiro atoms. The Hall–Kier alpha value is -2.15. The fourth-order valence-electron chi connectivity index (χ4n) is 1.86. The van der Waals surface area contributed by atoms with Crippen LogP contribution in [0.4, 0.5) is 10.1 Å². The molecule has 7 heteroatoms. The normalized spacial score (nSPS) is 22.2. The lowest BCUT2D eigenvalue weighted by Crippen LogP contribution is -2.42. The number of carbonyl (C=O) groups excluding carboxylic acids is 1. The number of carboxylic acids is 1. The Balaban J connectivity index is 2.08. The minimum atomic E-state index is -1.04. The van der Waals surface area contributed by atoms with Gasteiger partial charge in [-0.25, -0.2) is 4.39 Å². The van der Waals surface area contributed by atoms with Crippen LogP contribution in [-0.4, -0.2) is 36.2 Å². The Morgan fingerprint density at radius 2 is 2.16 bits per heavy atom. The summed E-state index contributed by atoms with van der Waals surface area (Å²) in [5.41, 5.74) is 5.34. The van der Waals surface area contributed by atoms with Crippen molar-refractivity contribution >= 4 is 17.6 Å². The molecule has 1 aliphatic rings. The van der Waals surface area contributed by atoms with Crippen molar-refractivity contribution in [2.45, 2.75) is 6.04 Å². The third kappa shape index (κ3) is 2.82. The second-order valence-electron chi connectivity index (χ2n) is 4.30. The number of carbonyl (C=O) groups is 2. The van der Waals surface area contributed by atoms with E-state index in [1.165, 1.54) is 12.1 Å². The van der Waals surface area contributed by atoms with Gasteiger partial charge in [-0.2, -0.15) is 0 Å². The van der Waals surface area contributed by atoms with Crippen molar-refractivity contribution in [1.82, 2.24) is 5.32 Å². The van der Waals surface area contributed by atoms with Crippen molar-refractivity contribution in [1.29, 1.82) is 0 Å². The molecule has 1 aromatic rings. The predicted octanol–water partition coefficient (Wildman–Crippen LogP) is 0.237. The standard InChI is InChI=1S/C12H13FN2O4/c13-8-3-6(1-2-9(8)14)11(16)15-10-5-19-4-7(10)12(17)18/h1-3,7,10H,4-5,14H2,(H,15,16)(H,17,18). The lowest BCUT2D eigenvalue weighted by molar-refractivity contribution is -0.142. The van der Waals surface area contributed by atoms with E-state index in [-0.39, 0.29) is 24.5 Å². The van der Waals surface area contributed by atoms with Gasteiger partial charge in [0.05, 0.1) is 24.9 Å². The van der Waals surface area contributed by atoms with Crippen LogP contribution >= 0.6 is 0 Å². The fourth-order valence-corrected chi connectivity index (χ4v) is 1.86. The van der Waals surface area contributed by atoms with E-state index in [9.17, 15) is 14.0 Å². The van der Waals surface area contributed by atoms with Gasteiger partial charge < -0.3 is 20.9 Å². The highest BCUT2D eigenvalue weighted by Gasteiger charge is 2.35. The van der Waals surface area contributed by atoms with Crippen molar-refractivity contribution in [3.05, 3.63) is 29.6 Å². The Bertz CT molecular complexity index is 520. The molecule has 4 N–H and O–H groups in total. The molecule has 0 aliphatic carbocycles. The molecule has 1 heterocycles. The lowest BCUT2D eigenvalue weighted by Gasteiger charge is -2.15. The highest BCUT2D eigenvalue weighted by molar-refractivity contribution is 5.95. The summed E-state index contributed by atoms with van der Waals surface area (Å²) in [6.45, 7) is 0.177. The van der Waals surface area contributed by atoms with Gasteiger partial charge in [0.25, 0.3) is 5.91 Å². The van der Waals surface area contributed by atoms with Crippen LogP contribution in [0.1, 0.15) is 10.4 Å². The van der Waals surface area contributed by atoms with Crippen LogP contribution in [0.5, 0.6) is 0 Å². The monoisotopic (exact) mass is 268 g/mol. The first kappa shape index (κ1) is 13.3. The van der Waals surface area contributed by atoms with Crippen LogP contribution in [0.25, 0.3) is 0 Å². The average Bonchev–Trinajstić information content (AvgIpc) is 2.80. The summed E-state index contributed by atoms with van der Waals surface area (Å²) in [6, 6.07) is 3.05. The maximum Gasteiger partial charge on any atom is 0.311 e. The lowest BCUT2D eigenvalue weighted by atomic mass is 10.0. The summed E-state index contributed by atoms with van der Waals surface area (Å²) in [7, 11) is 0. The molecule has 1 amide bonds. The van der Waals surface area contributed by atoms with Gasteiger partial charge in [-0.15, -0.1) is 0 Å². The molecule has 102 valence electrons. The number of carboxylic acid groups (broad SMARTS) is 1. The summed E-state index contributed by atoms with van der Waals surface area (Å²) in [5.74, 6) is -3.07. The number of benzene rings is 1. The number of nitrogen functional groups attached to an aromatic ring is 1. The Kier molecular flexibility index (Phi) is 3.66. The third-order valence-corrected chi connectivity index (χ3v) is 2.98. The van der Waals surface area contributed by atoms with Gasteiger partial charge in [-0.3, -0.25) is 9.59 Å². The van der Waals surface area contributed by atoms with E-state index in [4.69, 9.17) is 15.6 Å². The molecule has 2 atom stereocenters. The molecular formula is C12H13FN2O4.